The van der Waals surface area contributed by atoms with Gasteiger partial charge in [-0.15, -0.1) is 12.4 Å². The Bertz CT molecular complexity index is 266. The summed E-state index contributed by atoms with van der Waals surface area (Å²) in [6.45, 7) is 3.99. The molecular weight excluding hydrogens is 246 g/mol. The van der Waals surface area contributed by atoms with Crippen molar-refractivity contribution in [2.24, 2.45) is 5.73 Å². The lowest BCUT2D eigenvalue weighted by Crippen LogP contribution is -2.54. The molecule has 1 aliphatic heterocycles. The number of hydrogen-bond acceptors (Lipinski definition) is 4. The standard InChI is InChI=1S/C10H19N3O3.ClH/c1-8(11)10(15)13-5-3-12(4-6-13)9(14)7-16-2;/h8H,3-7,11H2,1-2H3;1H/t8-;/m1./s1. The Morgan fingerprint density at radius 1 is 1.24 bits per heavy atom. The summed E-state index contributed by atoms with van der Waals surface area (Å²) in [5, 5.41) is 0. The molecule has 0 aliphatic carbocycles. The Morgan fingerprint density at radius 3 is 2.12 bits per heavy atom. The zero-order valence-electron chi connectivity index (χ0n) is 10.2. The van der Waals surface area contributed by atoms with Crippen LogP contribution in [0.25, 0.3) is 0 Å². The Kier molecular flexibility index (Phi) is 7.10. The first-order valence-electron chi connectivity index (χ1n) is 5.37. The van der Waals surface area contributed by atoms with Crippen LogP contribution in [0.4, 0.5) is 0 Å². The van der Waals surface area contributed by atoms with Gasteiger partial charge in [-0.05, 0) is 6.92 Å². The van der Waals surface area contributed by atoms with Crippen LogP contribution in [0.5, 0.6) is 0 Å². The Labute approximate surface area is 107 Å². The van der Waals surface area contributed by atoms with Crippen molar-refractivity contribution < 1.29 is 14.3 Å². The van der Waals surface area contributed by atoms with E-state index in [0.717, 1.165) is 0 Å². The van der Waals surface area contributed by atoms with E-state index in [4.69, 9.17) is 10.5 Å². The highest BCUT2D eigenvalue weighted by Crippen LogP contribution is 2.03. The van der Waals surface area contributed by atoms with E-state index in [1.807, 2.05) is 0 Å². The highest BCUT2D eigenvalue weighted by Gasteiger charge is 2.25. The fourth-order valence-corrected chi connectivity index (χ4v) is 1.68. The van der Waals surface area contributed by atoms with Crippen LogP contribution >= 0.6 is 12.4 Å². The number of piperazine rings is 1. The molecule has 1 aliphatic rings. The maximum Gasteiger partial charge on any atom is 0.248 e. The van der Waals surface area contributed by atoms with E-state index in [9.17, 15) is 9.59 Å². The van der Waals surface area contributed by atoms with Crippen molar-refractivity contribution in [1.29, 1.82) is 0 Å². The second-order valence-corrected chi connectivity index (χ2v) is 3.93. The summed E-state index contributed by atoms with van der Waals surface area (Å²) in [5.74, 6) is -0.0887. The monoisotopic (exact) mass is 265 g/mol. The molecular formula is C10H20ClN3O3. The van der Waals surface area contributed by atoms with Crippen LogP contribution in [0.1, 0.15) is 6.92 Å². The Morgan fingerprint density at radius 2 is 1.71 bits per heavy atom. The van der Waals surface area contributed by atoms with E-state index in [-0.39, 0.29) is 30.8 Å². The largest absolute Gasteiger partial charge is 0.375 e. The highest BCUT2D eigenvalue weighted by atomic mass is 35.5. The molecule has 2 amide bonds. The number of nitrogens with two attached hydrogens (primary N) is 1. The molecule has 0 aromatic heterocycles. The van der Waals surface area contributed by atoms with E-state index < -0.39 is 6.04 Å². The molecule has 1 saturated heterocycles. The topological polar surface area (TPSA) is 75.9 Å². The maximum atomic E-state index is 11.6. The molecule has 0 aromatic carbocycles. The van der Waals surface area contributed by atoms with Crippen molar-refractivity contribution in [2.45, 2.75) is 13.0 Å². The van der Waals surface area contributed by atoms with Crippen LogP contribution in [-0.4, -0.2) is 67.6 Å². The van der Waals surface area contributed by atoms with Gasteiger partial charge in [-0.1, -0.05) is 0 Å². The number of ether oxygens (including phenoxy) is 1. The zero-order valence-corrected chi connectivity index (χ0v) is 11.0. The molecule has 1 heterocycles. The summed E-state index contributed by atoms with van der Waals surface area (Å²) >= 11 is 0. The molecule has 1 fully saturated rings. The molecule has 0 bridgehead atoms. The van der Waals surface area contributed by atoms with Gasteiger partial charge in [-0.2, -0.15) is 0 Å². The molecule has 100 valence electrons. The average Bonchev–Trinajstić information content (AvgIpc) is 2.28. The van der Waals surface area contributed by atoms with Crippen LogP contribution in [0.2, 0.25) is 0 Å². The molecule has 17 heavy (non-hydrogen) atoms. The number of nitrogens with zero attached hydrogens (tertiary/aromatic N) is 2. The molecule has 0 radical (unpaired) electrons. The summed E-state index contributed by atoms with van der Waals surface area (Å²) in [7, 11) is 1.49. The number of methoxy groups -OCH3 is 1. The molecule has 0 aromatic rings. The first-order valence-corrected chi connectivity index (χ1v) is 5.37. The molecule has 0 spiro atoms. The summed E-state index contributed by atoms with van der Waals surface area (Å²) in [6, 6.07) is -0.471. The molecule has 2 N–H and O–H groups in total. The normalized spacial score (nSPS) is 17.4. The smallest absolute Gasteiger partial charge is 0.248 e. The Balaban J connectivity index is 0.00000256. The molecule has 6 nitrogen and oxygen atoms in total. The quantitative estimate of drug-likeness (QED) is 0.716. The maximum absolute atomic E-state index is 11.6. The van der Waals surface area contributed by atoms with Crippen LogP contribution < -0.4 is 5.73 Å². The van der Waals surface area contributed by atoms with Gasteiger partial charge in [0.15, 0.2) is 0 Å². The van der Waals surface area contributed by atoms with Crippen LogP contribution in [0, 0.1) is 0 Å². The second-order valence-electron chi connectivity index (χ2n) is 3.93. The van der Waals surface area contributed by atoms with Crippen molar-refractivity contribution in [3.05, 3.63) is 0 Å². The van der Waals surface area contributed by atoms with Gasteiger partial charge >= 0.3 is 0 Å². The van der Waals surface area contributed by atoms with Crippen molar-refractivity contribution in [3.63, 3.8) is 0 Å². The minimum absolute atomic E-state index is 0. The fourth-order valence-electron chi connectivity index (χ4n) is 1.68. The van der Waals surface area contributed by atoms with E-state index >= 15 is 0 Å². The lowest BCUT2D eigenvalue weighted by molar-refractivity contribution is -0.142. The van der Waals surface area contributed by atoms with Gasteiger partial charge < -0.3 is 20.3 Å². The number of carbonyl (C=O) groups excluding carboxylic acids is 2. The van der Waals surface area contributed by atoms with Crippen LogP contribution in [-0.2, 0) is 14.3 Å². The van der Waals surface area contributed by atoms with E-state index in [0.29, 0.717) is 26.2 Å². The molecule has 1 rings (SSSR count). The third kappa shape index (κ3) is 4.49. The van der Waals surface area contributed by atoms with Crippen molar-refractivity contribution in [2.75, 3.05) is 39.9 Å². The van der Waals surface area contributed by atoms with Crippen LogP contribution in [0.15, 0.2) is 0 Å². The fraction of sp³-hybridized carbons (Fsp3) is 0.800. The number of halogens is 1. The van der Waals surface area contributed by atoms with Crippen LogP contribution in [0.3, 0.4) is 0 Å². The third-order valence-corrected chi connectivity index (χ3v) is 2.60. The van der Waals surface area contributed by atoms with Gasteiger partial charge in [-0.3, -0.25) is 9.59 Å². The number of hydrogen-bond donors (Lipinski definition) is 1. The molecule has 7 heteroatoms. The average molecular weight is 266 g/mol. The van der Waals surface area contributed by atoms with Gasteiger partial charge in [0.05, 0.1) is 6.04 Å². The van der Waals surface area contributed by atoms with Gasteiger partial charge in [0.25, 0.3) is 0 Å². The van der Waals surface area contributed by atoms with Gasteiger partial charge in [0.2, 0.25) is 11.8 Å². The molecule has 1 atom stereocenters. The summed E-state index contributed by atoms with van der Waals surface area (Å²) in [5.41, 5.74) is 5.52. The number of rotatable bonds is 3. The van der Waals surface area contributed by atoms with E-state index in [1.54, 1.807) is 16.7 Å². The molecule has 0 unspecified atom stereocenters. The summed E-state index contributed by atoms with van der Waals surface area (Å²) in [6.07, 6.45) is 0. The lowest BCUT2D eigenvalue weighted by Gasteiger charge is -2.35. The Hall–Kier alpha value is -0.850. The van der Waals surface area contributed by atoms with Gasteiger partial charge in [0.1, 0.15) is 6.61 Å². The first-order chi connectivity index (χ1) is 7.56. The lowest BCUT2D eigenvalue weighted by atomic mass is 10.2. The minimum atomic E-state index is -0.471. The highest BCUT2D eigenvalue weighted by molar-refractivity contribution is 5.85. The van der Waals surface area contributed by atoms with Crippen molar-refractivity contribution in [3.8, 4) is 0 Å². The van der Waals surface area contributed by atoms with Crippen molar-refractivity contribution in [1.82, 2.24) is 9.80 Å². The zero-order chi connectivity index (χ0) is 12.1. The predicted octanol–water partition coefficient (Wildman–Crippen LogP) is -0.927. The predicted molar refractivity (Wildman–Crippen MR) is 65.9 cm³/mol. The van der Waals surface area contributed by atoms with E-state index in [2.05, 4.69) is 0 Å². The van der Waals surface area contributed by atoms with Gasteiger partial charge in [0, 0.05) is 33.3 Å². The SMILES string of the molecule is COCC(=O)N1CCN(C(=O)[C@@H](C)N)CC1.Cl. The minimum Gasteiger partial charge on any atom is -0.375 e. The van der Waals surface area contributed by atoms with E-state index in [1.165, 1.54) is 7.11 Å². The number of amides is 2. The summed E-state index contributed by atoms with van der Waals surface area (Å²) in [4.78, 5) is 26.5. The summed E-state index contributed by atoms with van der Waals surface area (Å²) < 4.78 is 4.78. The number of carbonyl (C=O) groups is 2. The molecule has 0 saturated carbocycles. The van der Waals surface area contributed by atoms with Crippen molar-refractivity contribution >= 4 is 24.2 Å². The second kappa shape index (κ2) is 7.47. The first kappa shape index (κ1) is 16.1. The third-order valence-electron chi connectivity index (χ3n) is 2.60. The van der Waals surface area contributed by atoms with Gasteiger partial charge in [-0.25, -0.2) is 0 Å².